The molecule has 0 unspecified atom stereocenters. The van der Waals surface area contributed by atoms with Gasteiger partial charge in [-0.3, -0.25) is 4.79 Å². The van der Waals surface area contributed by atoms with Crippen LogP contribution in [-0.4, -0.2) is 16.8 Å². The predicted molar refractivity (Wildman–Crippen MR) is 94.4 cm³/mol. The van der Waals surface area contributed by atoms with Crippen LogP contribution in [0.25, 0.3) is 0 Å². The van der Waals surface area contributed by atoms with E-state index in [0.717, 1.165) is 25.0 Å². The van der Waals surface area contributed by atoms with Crippen LogP contribution in [0.3, 0.4) is 0 Å². The van der Waals surface area contributed by atoms with Crippen LogP contribution in [0.1, 0.15) is 48.9 Å². The Morgan fingerprint density at radius 1 is 1.15 bits per heavy atom. The normalized spacial score (nSPS) is 15.4. The molecular weight excluding hydrogens is 358 g/mol. The molecule has 0 saturated heterocycles. The number of alkyl halides is 3. The number of carbonyl (C=O) groups excluding carboxylic acids is 1. The zero-order valence-electron chi connectivity index (χ0n) is 15.0. The van der Waals surface area contributed by atoms with Crippen molar-refractivity contribution in [1.29, 1.82) is 0 Å². The molecule has 0 radical (unpaired) electrons. The number of hydrogen-bond donors (Lipinski definition) is 0. The Bertz CT molecular complexity index is 814. The number of rotatable bonds is 6. The molecule has 0 aromatic heterocycles. The molecule has 1 aliphatic rings. The molecule has 27 heavy (non-hydrogen) atoms. The number of amides is 1. The molecule has 2 nitrogen and oxygen atoms in total. The quantitative estimate of drug-likeness (QED) is 0.605. The summed E-state index contributed by atoms with van der Waals surface area (Å²) < 4.78 is 52.7. The van der Waals surface area contributed by atoms with E-state index in [4.69, 9.17) is 0 Å². The van der Waals surface area contributed by atoms with Crippen LogP contribution in [0, 0.1) is 5.82 Å². The van der Waals surface area contributed by atoms with E-state index in [9.17, 15) is 22.4 Å². The first kappa shape index (κ1) is 19.4. The van der Waals surface area contributed by atoms with E-state index < -0.39 is 17.8 Å². The van der Waals surface area contributed by atoms with Gasteiger partial charge in [-0.15, -0.1) is 0 Å². The van der Waals surface area contributed by atoms with E-state index in [2.05, 4.69) is 0 Å². The van der Waals surface area contributed by atoms with Gasteiger partial charge in [0.25, 0.3) is 0 Å². The van der Waals surface area contributed by atoms with Crippen molar-refractivity contribution < 1.29 is 22.4 Å². The van der Waals surface area contributed by atoms with Gasteiger partial charge < -0.3 is 4.90 Å². The van der Waals surface area contributed by atoms with Gasteiger partial charge in [0, 0.05) is 12.5 Å². The van der Waals surface area contributed by atoms with Gasteiger partial charge in [0.15, 0.2) is 0 Å². The molecule has 0 aliphatic heterocycles. The molecular formula is C21H21F4NO. The minimum atomic E-state index is -4.42. The topological polar surface area (TPSA) is 20.3 Å². The third kappa shape index (κ3) is 4.67. The number of carbonyl (C=O) groups is 1. The van der Waals surface area contributed by atoms with E-state index in [1.807, 2.05) is 0 Å². The molecule has 2 aromatic rings. The van der Waals surface area contributed by atoms with Gasteiger partial charge in [-0.2, -0.15) is 13.2 Å². The summed E-state index contributed by atoms with van der Waals surface area (Å²) in [5.41, 5.74) is 0.200. The van der Waals surface area contributed by atoms with Crippen molar-refractivity contribution in [1.82, 2.24) is 4.90 Å². The second-order valence-electron chi connectivity index (χ2n) is 6.92. The number of hydrogen-bond acceptors (Lipinski definition) is 1. The third-order valence-electron chi connectivity index (χ3n) is 4.91. The summed E-state index contributed by atoms with van der Waals surface area (Å²) in [6.45, 7) is 1.74. The first-order chi connectivity index (χ1) is 12.8. The van der Waals surface area contributed by atoms with Gasteiger partial charge in [0.1, 0.15) is 5.82 Å². The molecule has 144 valence electrons. The maximum atomic E-state index is 13.8. The first-order valence-corrected chi connectivity index (χ1v) is 8.99. The standard InChI is InChI=1S/C21H21F4NO/c1-14(16-6-4-7-17(13-16)21(23,24)25)26(18-10-11-18)20(27)12-9-15-5-2-3-8-19(15)22/h2-8,13-14,18H,9-12H2,1H3/t14-/m1/s1. The molecule has 3 rings (SSSR count). The Kier molecular flexibility index (Phi) is 5.53. The molecule has 1 aliphatic carbocycles. The minimum absolute atomic E-state index is 0.0441. The number of aryl methyl sites for hydroxylation is 1. The Morgan fingerprint density at radius 2 is 1.85 bits per heavy atom. The lowest BCUT2D eigenvalue weighted by Gasteiger charge is -2.30. The van der Waals surface area contributed by atoms with Crippen molar-refractivity contribution in [3.63, 3.8) is 0 Å². The molecule has 1 saturated carbocycles. The van der Waals surface area contributed by atoms with E-state index in [0.29, 0.717) is 11.1 Å². The van der Waals surface area contributed by atoms with Gasteiger partial charge in [0.2, 0.25) is 5.91 Å². The molecule has 0 N–H and O–H groups in total. The fourth-order valence-corrected chi connectivity index (χ4v) is 3.30. The van der Waals surface area contributed by atoms with Gasteiger partial charge in [0.05, 0.1) is 11.6 Å². The molecule has 0 heterocycles. The van der Waals surface area contributed by atoms with Gasteiger partial charge in [-0.25, -0.2) is 4.39 Å². The zero-order chi connectivity index (χ0) is 19.6. The summed E-state index contributed by atoms with van der Waals surface area (Å²) in [4.78, 5) is 14.5. The highest BCUT2D eigenvalue weighted by Crippen LogP contribution is 2.37. The Hall–Kier alpha value is -2.37. The molecule has 0 bridgehead atoms. The predicted octanol–water partition coefficient (Wildman–Crippen LogP) is 5.53. The molecule has 1 fully saturated rings. The highest BCUT2D eigenvalue weighted by Gasteiger charge is 2.37. The highest BCUT2D eigenvalue weighted by atomic mass is 19.4. The monoisotopic (exact) mass is 379 g/mol. The number of halogens is 4. The lowest BCUT2D eigenvalue weighted by atomic mass is 10.0. The second-order valence-corrected chi connectivity index (χ2v) is 6.92. The maximum Gasteiger partial charge on any atom is 0.416 e. The summed E-state index contributed by atoms with van der Waals surface area (Å²) in [7, 11) is 0. The Labute approximate surface area is 155 Å². The van der Waals surface area contributed by atoms with Crippen molar-refractivity contribution in [2.24, 2.45) is 0 Å². The smallest absolute Gasteiger partial charge is 0.333 e. The lowest BCUT2D eigenvalue weighted by Crippen LogP contribution is -2.35. The Balaban J connectivity index is 1.75. The van der Waals surface area contributed by atoms with Crippen LogP contribution < -0.4 is 0 Å². The van der Waals surface area contributed by atoms with Crippen LogP contribution in [-0.2, 0) is 17.4 Å². The fraction of sp³-hybridized carbons (Fsp3) is 0.381. The van der Waals surface area contributed by atoms with E-state index >= 15 is 0 Å². The maximum absolute atomic E-state index is 13.8. The van der Waals surface area contributed by atoms with Crippen LogP contribution in [0.5, 0.6) is 0 Å². The fourth-order valence-electron chi connectivity index (χ4n) is 3.30. The van der Waals surface area contributed by atoms with Crippen molar-refractivity contribution in [3.8, 4) is 0 Å². The molecule has 1 amide bonds. The summed E-state index contributed by atoms with van der Waals surface area (Å²) in [5.74, 6) is -0.514. The van der Waals surface area contributed by atoms with E-state index in [1.165, 1.54) is 12.1 Å². The average molecular weight is 379 g/mol. The average Bonchev–Trinajstić information content (AvgIpc) is 3.45. The molecule has 2 aromatic carbocycles. The zero-order valence-corrected chi connectivity index (χ0v) is 15.0. The van der Waals surface area contributed by atoms with Gasteiger partial charge in [-0.1, -0.05) is 30.3 Å². The minimum Gasteiger partial charge on any atom is -0.333 e. The van der Waals surface area contributed by atoms with Crippen molar-refractivity contribution in [3.05, 3.63) is 71.0 Å². The van der Waals surface area contributed by atoms with Gasteiger partial charge in [-0.05, 0) is 55.5 Å². The van der Waals surface area contributed by atoms with Crippen LogP contribution in [0.15, 0.2) is 48.5 Å². The van der Waals surface area contributed by atoms with Gasteiger partial charge >= 0.3 is 6.18 Å². The first-order valence-electron chi connectivity index (χ1n) is 8.99. The number of nitrogens with zero attached hydrogens (tertiary/aromatic N) is 1. The largest absolute Gasteiger partial charge is 0.416 e. The highest BCUT2D eigenvalue weighted by molar-refractivity contribution is 5.77. The van der Waals surface area contributed by atoms with Crippen molar-refractivity contribution in [2.45, 2.75) is 50.9 Å². The molecule has 6 heteroatoms. The summed E-state index contributed by atoms with van der Waals surface area (Å²) in [6, 6.07) is 11.0. The van der Waals surface area contributed by atoms with Crippen molar-refractivity contribution in [2.75, 3.05) is 0 Å². The van der Waals surface area contributed by atoms with E-state index in [1.54, 1.807) is 36.1 Å². The SMILES string of the molecule is C[C@H](c1cccc(C(F)(F)F)c1)N(C(=O)CCc1ccccc1F)C1CC1. The molecule has 1 atom stereocenters. The molecule has 0 spiro atoms. The number of benzene rings is 2. The lowest BCUT2D eigenvalue weighted by molar-refractivity contribution is -0.137. The van der Waals surface area contributed by atoms with Crippen molar-refractivity contribution >= 4 is 5.91 Å². The summed E-state index contributed by atoms with van der Waals surface area (Å²) in [6.07, 6.45) is -2.34. The van der Waals surface area contributed by atoms with Crippen LogP contribution >= 0.6 is 0 Å². The van der Waals surface area contributed by atoms with Crippen LogP contribution in [0.2, 0.25) is 0 Å². The van der Waals surface area contributed by atoms with E-state index in [-0.39, 0.29) is 30.6 Å². The third-order valence-corrected chi connectivity index (χ3v) is 4.91. The summed E-state index contributed by atoms with van der Waals surface area (Å²) in [5, 5.41) is 0. The Morgan fingerprint density at radius 3 is 2.48 bits per heavy atom. The summed E-state index contributed by atoms with van der Waals surface area (Å²) >= 11 is 0. The second kappa shape index (κ2) is 7.71. The van der Waals surface area contributed by atoms with Crippen LogP contribution in [0.4, 0.5) is 17.6 Å².